The van der Waals surface area contributed by atoms with Crippen LogP contribution in [0.5, 0.6) is 11.5 Å². The molecule has 7 heteroatoms. The molecule has 0 heterocycles. The summed E-state index contributed by atoms with van der Waals surface area (Å²) in [6.07, 6.45) is 2.78. The number of halogens is 1. The van der Waals surface area contributed by atoms with Gasteiger partial charge in [0, 0.05) is 24.0 Å². The Balaban J connectivity index is 1.96. The minimum atomic E-state index is -0.555. The van der Waals surface area contributed by atoms with Crippen molar-refractivity contribution in [1.29, 1.82) is 0 Å². The molecule has 174 valence electrons. The second kappa shape index (κ2) is 13.8. The van der Waals surface area contributed by atoms with Crippen LogP contribution in [0.25, 0.3) is 0 Å². The minimum absolute atomic E-state index is 0.0681. The highest BCUT2D eigenvalue weighted by Gasteiger charge is 2.25. The summed E-state index contributed by atoms with van der Waals surface area (Å²) >= 11 is 3.47. The number of benzene rings is 2. The monoisotopic (exact) mass is 504 g/mol. The maximum absolute atomic E-state index is 13.1. The van der Waals surface area contributed by atoms with E-state index in [1.165, 1.54) is 0 Å². The fraction of sp³-hybridized carbons (Fsp3) is 0.440. The van der Waals surface area contributed by atoms with Crippen LogP contribution in [0.4, 0.5) is 0 Å². The fourth-order valence-corrected chi connectivity index (χ4v) is 3.63. The summed E-state index contributed by atoms with van der Waals surface area (Å²) < 4.78 is 11.8. The smallest absolute Gasteiger partial charge is 0.242 e. The molecule has 2 amide bonds. The zero-order valence-corrected chi connectivity index (χ0v) is 20.7. The van der Waals surface area contributed by atoms with Gasteiger partial charge in [0.2, 0.25) is 11.8 Å². The van der Waals surface area contributed by atoms with E-state index in [1.54, 1.807) is 18.9 Å². The SMILES string of the molecule is CCCCNC(=O)C(C)N(Cc1cccc(Br)c1)C(=O)CCCOc1ccc(OC)cc1. The molecule has 0 aliphatic rings. The van der Waals surface area contributed by atoms with Crippen molar-refractivity contribution in [3.8, 4) is 11.5 Å². The summed E-state index contributed by atoms with van der Waals surface area (Å²) in [6, 6.07) is 14.6. The lowest BCUT2D eigenvalue weighted by Gasteiger charge is -2.29. The molecule has 2 rings (SSSR count). The summed E-state index contributed by atoms with van der Waals surface area (Å²) in [7, 11) is 1.62. The number of nitrogens with zero attached hydrogens (tertiary/aromatic N) is 1. The van der Waals surface area contributed by atoms with Crippen molar-refractivity contribution in [2.24, 2.45) is 0 Å². The van der Waals surface area contributed by atoms with Crippen LogP contribution in [0.15, 0.2) is 53.0 Å². The Morgan fingerprint density at radius 2 is 1.81 bits per heavy atom. The highest BCUT2D eigenvalue weighted by molar-refractivity contribution is 9.10. The number of carbonyl (C=O) groups is 2. The lowest BCUT2D eigenvalue weighted by molar-refractivity contribution is -0.140. The zero-order chi connectivity index (χ0) is 23.3. The molecular formula is C25H33BrN2O4. The number of ether oxygens (including phenoxy) is 2. The molecule has 0 aliphatic carbocycles. The van der Waals surface area contributed by atoms with Crippen LogP contribution >= 0.6 is 15.9 Å². The molecule has 2 aromatic rings. The maximum atomic E-state index is 13.1. The molecular weight excluding hydrogens is 472 g/mol. The van der Waals surface area contributed by atoms with Gasteiger partial charge in [-0.05, 0) is 61.7 Å². The standard InChI is InChI=1S/C25H33BrN2O4/c1-4-5-15-27-25(30)19(2)28(18-20-8-6-9-21(26)17-20)24(29)10-7-16-32-23-13-11-22(31-3)12-14-23/h6,8-9,11-14,17,19H,4-5,7,10,15-16,18H2,1-3H3,(H,27,30). The van der Waals surface area contributed by atoms with Gasteiger partial charge in [0.15, 0.2) is 0 Å². The Bertz CT molecular complexity index is 857. The molecule has 0 bridgehead atoms. The van der Waals surface area contributed by atoms with Gasteiger partial charge in [0.05, 0.1) is 13.7 Å². The Morgan fingerprint density at radius 1 is 1.09 bits per heavy atom. The number of rotatable bonds is 13. The van der Waals surface area contributed by atoms with Crippen molar-refractivity contribution in [3.63, 3.8) is 0 Å². The maximum Gasteiger partial charge on any atom is 0.242 e. The van der Waals surface area contributed by atoms with Crippen molar-refractivity contribution in [2.45, 2.75) is 52.1 Å². The third-order valence-electron chi connectivity index (χ3n) is 5.10. The van der Waals surface area contributed by atoms with Gasteiger partial charge in [0.25, 0.3) is 0 Å². The second-order valence-electron chi connectivity index (χ2n) is 7.60. The van der Waals surface area contributed by atoms with Crippen molar-refractivity contribution in [3.05, 3.63) is 58.6 Å². The lowest BCUT2D eigenvalue weighted by atomic mass is 10.1. The van der Waals surface area contributed by atoms with Gasteiger partial charge in [-0.25, -0.2) is 0 Å². The average Bonchev–Trinajstić information content (AvgIpc) is 2.80. The summed E-state index contributed by atoms with van der Waals surface area (Å²) in [6.45, 7) is 5.27. The van der Waals surface area contributed by atoms with Crippen LogP contribution in [-0.2, 0) is 16.1 Å². The van der Waals surface area contributed by atoms with Crippen LogP contribution in [0.3, 0.4) is 0 Å². The van der Waals surface area contributed by atoms with Crippen molar-refractivity contribution in [1.82, 2.24) is 10.2 Å². The molecule has 0 aliphatic heterocycles. The van der Waals surface area contributed by atoms with Gasteiger partial charge in [-0.1, -0.05) is 41.4 Å². The molecule has 0 fully saturated rings. The van der Waals surface area contributed by atoms with E-state index in [-0.39, 0.29) is 11.8 Å². The molecule has 0 radical (unpaired) electrons. The molecule has 1 unspecified atom stereocenters. The van der Waals surface area contributed by atoms with Crippen molar-refractivity contribution in [2.75, 3.05) is 20.3 Å². The summed E-state index contributed by atoms with van der Waals surface area (Å²) in [4.78, 5) is 27.4. The molecule has 1 N–H and O–H groups in total. The topological polar surface area (TPSA) is 67.9 Å². The number of carbonyl (C=O) groups excluding carboxylic acids is 2. The molecule has 6 nitrogen and oxygen atoms in total. The number of methoxy groups -OCH3 is 1. The first-order valence-electron chi connectivity index (χ1n) is 11.0. The van der Waals surface area contributed by atoms with Gasteiger partial charge < -0.3 is 19.7 Å². The largest absolute Gasteiger partial charge is 0.497 e. The number of hydrogen-bond donors (Lipinski definition) is 1. The van der Waals surface area contributed by atoms with Gasteiger partial charge in [-0.3, -0.25) is 9.59 Å². The van der Waals surface area contributed by atoms with E-state index in [9.17, 15) is 9.59 Å². The quantitative estimate of drug-likeness (QED) is 0.391. The Labute approximate surface area is 199 Å². The third kappa shape index (κ3) is 8.54. The fourth-order valence-electron chi connectivity index (χ4n) is 3.18. The third-order valence-corrected chi connectivity index (χ3v) is 5.60. The van der Waals surface area contributed by atoms with E-state index in [2.05, 4.69) is 28.2 Å². The Morgan fingerprint density at radius 3 is 2.47 bits per heavy atom. The van der Waals surface area contributed by atoms with Crippen molar-refractivity contribution >= 4 is 27.7 Å². The normalized spacial score (nSPS) is 11.5. The Kier molecular flexibility index (Phi) is 11.1. The molecule has 0 aromatic heterocycles. The second-order valence-corrected chi connectivity index (χ2v) is 8.52. The first kappa shape index (κ1) is 25.7. The molecule has 32 heavy (non-hydrogen) atoms. The van der Waals surface area contributed by atoms with E-state index >= 15 is 0 Å². The van der Waals surface area contributed by atoms with Gasteiger partial charge >= 0.3 is 0 Å². The molecule has 2 aromatic carbocycles. The van der Waals surface area contributed by atoms with Crippen LogP contribution in [-0.4, -0.2) is 43.0 Å². The van der Waals surface area contributed by atoms with Crippen LogP contribution in [0, 0.1) is 0 Å². The van der Waals surface area contributed by atoms with Crippen LogP contribution in [0.1, 0.15) is 45.1 Å². The van der Waals surface area contributed by atoms with E-state index in [0.29, 0.717) is 32.5 Å². The van der Waals surface area contributed by atoms with Crippen molar-refractivity contribution < 1.29 is 19.1 Å². The first-order valence-corrected chi connectivity index (χ1v) is 11.8. The zero-order valence-electron chi connectivity index (χ0n) is 19.1. The van der Waals surface area contributed by atoms with Crippen LogP contribution in [0.2, 0.25) is 0 Å². The minimum Gasteiger partial charge on any atom is -0.497 e. The van der Waals surface area contributed by atoms with Gasteiger partial charge in [0.1, 0.15) is 17.5 Å². The highest BCUT2D eigenvalue weighted by atomic mass is 79.9. The summed E-state index contributed by atoms with van der Waals surface area (Å²) in [5.74, 6) is 1.30. The predicted molar refractivity (Wildman–Crippen MR) is 130 cm³/mol. The number of hydrogen-bond acceptors (Lipinski definition) is 4. The molecule has 0 spiro atoms. The number of unbranched alkanes of at least 4 members (excludes halogenated alkanes) is 1. The molecule has 0 saturated carbocycles. The summed E-state index contributed by atoms with van der Waals surface area (Å²) in [5, 5.41) is 2.94. The molecule has 0 saturated heterocycles. The van der Waals surface area contributed by atoms with Gasteiger partial charge in [-0.2, -0.15) is 0 Å². The summed E-state index contributed by atoms with van der Waals surface area (Å²) in [5.41, 5.74) is 0.968. The van der Waals surface area contributed by atoms with Gasteiger partial charge in [-0.15, -0.1) is 0 Å². The average molecular weight is 505 g/mol. The van der Waals surface area contributed by atoms with Crippen LogP contribution < -0.4 is 14.8 Å². The van der Waals surface area contributed by atoms with E-state index in [1.807, 2.05) is 48.5 Å². The molecule has 1 atom stereocenters. The van der Waals surface area contributed by atoms with E-state index in [4.69, 9.17) is 9.47 Å². The predicted octanol–water partition coefficient (Wildman–Crippen LogP) is 4.95. The number of nitrogens with one attached hydrogen (secondary N) is 1. The highest BCUT2D eigenvalue weighted by Crippen LogP contribution is 2.18. The Hall–Kier alpha value is -2.54. The van der Waals surface area contributed by atoms with E-state index in [0.717, 1.165) is 34.4 Å². The first-order chi connectivity index (χ1) is 15.4. The number of amides is 2. The van der Waals surface area contributed by atoms with E-state index < -0.39 is 6.04 Å². The lowest BCUT2D eigenvalue weighted by Crippen LogP contribution is -2.47.